The lowest BCUT2D eigenvalue weighted by molar-refractivity contribution is 0.166. The number of aliphatic hydroxyl groups is 1. The first kappa shape index (κ1) is 12.1. The number of hydrogen-bond donors (Lipinski definition) is 1. The second-order valence-corrected chi connectivity index (χ2v) is 2.72. The summed E-state index contributed by atoms with van der Waals surface area (Å²) in [5, 5.41) is 8.12. The van der Waals surface area contributed by atoms with E-state index in [9.17, 15) is 0 Å². The highest BCUT2D eigenvalue weighted by Crippen LogP contribution is 1.92. The monoisotopic (exact) mass is 182 g/mol. The molecular formula is C11H18O2. The van der Waals surface area contributed by atoms with Gasteiger partial charge in [-0.3, -0.25) is 0 Å². The first-order valence-corrected chi connectivity index (χ1v) is 4.42. The third-order valence-electron chi connectivity index (χ3n) is 1.45. The molecule has 0 saturated carbocycles. The first-order valence-electron chi connectivity index (χ1n) is 4.42. The van der Waals surface area contributed by atoms with Crippen LogP contribution < -0.4 is 0 Å². The van der Waals surface area contributed by atoms with Crippen molar-refractivity contribution in [3.63, 3.8) is 0 Å². The Bertz CT molecular complexity index is 181. The smallest absolute Gasteiger partial charge is 0.0484 e. The Morgan fingerprint density at radius 3 is 2.08 bits per heavy atom. The van der Waals surface area contributed by atoms with Gasteiger partial charge in [0.1, 0.15) is 0 Å². The summed E-state index contributed by atoms with van der Waals surface area (Å²) in [7, 11) is 1.62. The predicted molar refractivity (Wildman–Crippen MR) is 54.8 cm³/mol. The van der Waals surface area contributed by atoms with E-state index in [-0.39, 0.29) is 6.61 Å². The fourth-order valence-electron chi connectivity index (χ4n) is 0.743. The average molecular weight is 182 g/mol. The van der Waals surface area contributed by atoms with Crippen molar-refractivity contribution in [2.45, 2.75) is 13.3 Å². The molecule has 0 aromatic heterocycles. The van der Waals surface area contributed by atoms with Gasteiger partial charge in [0.05, 0.1) is 0 Å². The predicted octanol–water partition coefficient (Wildman–Crippen LogP) is 2.01. The van der Waals surface area contributed by atoms with E-state index in [4.69, 9.17) is 5.11 Å². The van der Waals surface area contributed by atoms with Crippen LogP contribution in [0, 0.1) is 6.92 Å². The van der Waals surface area contributed by atoms with Gasteiger partial charge < -0.3 is 9.84 Å². The highest BCUT2D eigenvalue weighted by molar-refractivity contribution is 5.11. The van der Waals surface area contributed by atoms with E-state index in [1.807, 2.05) is 18.2 Å². The molecule has 1 rings (SSSR count). The van der Waals surface area contributed by atoms with Crippen molar-refractivity contribution in [1.29, 1.82) is 0 Å². The van der Waals surface area contributed by atoms with Gasteiger partial charge >= 0.3 is 0 Å². The number of benzene rings is 1. The largest absolute Gasteiger partial charge is 0.396 e. The number of aryl methyl sites for hydroxylation is 1. The van der Waals surface area contributed by atoms with Crippen LogP contribution in [0.5, 0.6) is 0 Å². The van der Waals surface area contributed by atoms with Crippen molar-refractivity contribution >= 4 is 0 Å². The molecule has 0 aliphatic rings. The molecule has 1 aromatic carbocycles. The minimum atomic E-state index is 0.230. The summed E-state index contributed by atoms with van der Waals surface area (Å²) in [5.41, 5.74) is 1.32. The second kappa shape index (κ2) is 9.23. The normalized spacial score (nSPS) is 8.85. The molecule has 1 aromatic rings. The van der Waals surface area contributed by atoms with Gasteiger partial charge in [0, 0.05) is 20.3 Å². The fraction of sp³-hybridized carbons (Fsp3) is 0.455. The van der Waals surface area contributed by atoms with Crippen LogP contribution in [-0.2, 0) is 4.74 Å². The van der Waals surface area contributed by atoms with E-state index in [0.29, 0.717) is 6.61 Å². The summed E-state index contributed by atoms with van der Waals surface area (Å²) >= 11 is 0. The van der Waals surface area contributed by atoms with Gasteiger partial charge in [-0.05, 0) is 13.3 Å². The van der Waals surface area contributed by atoms with Crippen molar-refractivity contribution < 1.29 is 9.84 Å². The van der Waals surface area contributed by atoms with Crippen LogP contribution in [0.2, 0.25) is 0 Å². The van der Waals surface area contributed by atoms with Gasteiger partial charge in [0.25, 0.3) is 0 Å². The molecule has 0 aliphatic heterocycles. The summed E-state index contributed by atoms with van der Waals surface area (Å²) in [6, 6.07) is 10.3. The Balaban J connectivity index is 0.000000226. The molecule has 2 heteroatoms. The molecule has 74 valence electrons. The maximum atomic E-state index is 8.12. The molecule has 0 fully saturated rings. The average Bonchev–Trinajstić information content (AvgIpc) is 2.17. The number of ether oxygens (including phenoxy) is 1. The standard InChI is InChI=1S/C7H8.C4H10O2/c1-7-5-3-2-4-6-7;1-6-4-2-3-5/h2-6H,1H3;5H,2-4H2,1H3. The maximum Gasteiger partial charge on any atom is 0.0484 e. The lowest BCUT2D eigenvalue weighted by Crippen LogP contribution is -1.90. The first-order chi connectivity index (χ1) is 6.31. The molecule has 0 spiro atoms. The number of methoxy groups -OCH3 is 1. The zero-order valence-corrected chi connectivity index (χ0v) is 8.36. The molecule has 0 heterocycles. The Morgan fingerprint density at radius 2 is 1.85 bits per heavy atom. The summed E-state index contributed by atoms with van der Waals surface area (Å²) in [4.78, 5) is 0. The van der Waals surface area contributed by atoms with E-state index in [0.717, 1.165) is 6.42 Å². The molecule has 0 amide bonds. The maximum absolute atomic E-state index is 8.12. The molecule has 0 atom stereocenters. The van der Waals surface area contributed by atoms with Crippen molar-refractivity contribution in [1.82, 2.24) is 0 Å². The van der Waals surface area contributed by atoms with Crippen LogP contribution in [0.15, 0.2) is 30.3 Å². The minimum Gasteiger partial charge on any atom is -0.396 e. The third-order valence-corrected chi connectivity index (χ3v) is 1.45. The van der Waals surface area contributed by atoms with Gasteiger partial charge in [0.2, 0.25) is 0 Å². The van der Waals surface area contributed by atoms with Gasteiger partial charge in [-0.1, -0.05) is 35.9 Å². The van der Waals surface area contributed by atoms with E-state index < -0.39 is 0 Å². The van der Waals surface area contributed by atoms with E-state index in [2.05, 4.69) is 23.8 Å². The molecule has 1 N–H and O–H groups in total. The molecule has 13 heavy (non-hydrogen) atoms. The number of aliphatic hydroxyl groups excluding tert-OH is 1. The van der Waals surface area contributed by atoms with Crippen LogP contribution in [0.1, 0.15) is 12.0 Å². The van der Waals surface area contributed by atoms with Gasteiger partial charge in [0.15, 0.2) is 0 Å². The van der Waals surface area contributed by atoms with Crippen molar-refractivity contribution in [3.05, 3.63) is 35.9 Å². The van der Waals surface area contributed by atoms with Gasteiger partial charge in [-0.25, -0.2) is 0 Å². The number of hydrogen-bond acceptors (Lipinski definition) is 2. The van der Waals surface area contributed by atoms with Crippen LogP contribution in [0.3, 0.4) is 0 Å². The fourth-order valence-corrected chi connectivity index (χ4v) is 0.743. The van der Waals surface area contributed by atoms with Crippen molar-refractivity contribution in [2.24, 2.45) is 0 Å². The van der Waals surface area contributed by atoms with Crippen LogP contribution >= 0.6 is 0 Å². The zero-order valence-electron chi connectivity index (χ0n) is 8.36. The lowest BCUT2D eigenvalue weighted by atomic mass is 10.2. The van der Waals surface area contributed by atoms with E-state index in [1.54, 1.807) is 7.11 Å². The molecule has 0 aliphatic carbocycles. The van der Waals surface area contributed by atoms with E-state index in [1.165, 1.54) is 5.56 Å². The van der Waals surface area contributed by atoms with Gasteiger partial charge in [-0.15, -0.1) is 0 Å². The van der Waals surface area contributed by atoms with Gasteiger partial charge in [-0.2, -0.15) is 0 Å². The Labute approximate surface area is 80.2 Å². The highest BCUT2D eigenvalue weighted by Gasteiger charge is 1.75. The van der Waals surface area contributed by atoms with Crippen molar-refractivity contribution in [3.8, 4) is 0 Å². The second-order valence-electron chi connectivity index (χ2n) is 2.72. The zero-order chi connectivity index (χ0) is 9.94. The summed E-state index contributed by atoms with van der Waals surface area (Å²) in [5.74, 6) is 0. The molecule has 2 nitrogen and oxygen atoms in total. The summed E-state index contributed by atoms with van der Waals surface area (Å²) < 4.78 is 4.62. The third kappa shape index (κ3) is 9.05. The molecule has 0 saturated heterocycles. The lowest BCUT2D eigenvalue weighted by Gasteiger charge is -1.89. The van der Waals surface area contributed by atoms with E-state index >= 15 is 0 Å². The Morgan fingerprint density at radius 1 is 1.23 bits per heavy atom. The summed E-state index contributed by atoms with van der Waals surface area (Å²) in [6.07, 6.45) is 0.747. The molecular weight excluding hydrogens is 164 g/mol. The Hall–Kier alpha value is -0.860. The van der Waals surface area contributed by atoms with Crippen LogP contribution in [-0.4, -0.2) is 25.4 Å². The molecule has 0 bridgehead atoms. The minimum absolute atomic E-state index is 0.230. The topological polar surface area (TPSA) is 29.5 Å². The highest BCUT2D eigenvalue weighted by atomic mass is 16.5. The SMILES string of the molecule is COCCCO.Cc1ccccc1. The van der Waals surface area contributed by atoms with Crippen LogP contribution in [0.25, 0.3) is 0 Å². The quantitative estimate of drug-likeness (QED) is 0.725. The Kier molecular flexibility index (Phi) is 8.62. The number of rotatable bonds is 3. The van der Waals surface area contributed by atoms with Crippen LogP contribution in [0.4, 0.5) is 0 Å². The molecule has 0 unspecified atom stereocenters. The van der Waals surface area contributed by atoms with Crippen molar-refractivity contribution in [2.75, 3.05) is 20.3 Å². The molecule has 0 radical (unpaired) electrons. The summed E-state index contributed by atoms with van der Waals surface area (Å²) in [6.45, 7) is 2.98.